The molecule has 0 bridgehead atoms. The zero-order valence-electron chi connectivity index (χ0n) is 13.1. The lowest BCUT2D eigenvalue weighted by atomic mass is 10.00. The summed E-state index contributed by atoms with van der Waals surface area (Å²) in [7, 11) is 0. The van der Waals surface area contributed by atoms with Crippen molar-refractivity contribution in [2.45, 2.75) is 52.5 Å². The van der Waals surface area contributed by atoms with E-state index in [4.69, 9.17) is 4.42 Å². The van der Waals surface area contributed by atoms with Crippen molar-refractivity contribution in [2.75, 3.05) is 6.54 Å². The lowest BCUT2D eigenvalue weighted by Crippen LogP contribution is -2.17. The number of aryl methyl sites for hydroxylation is 4. The molecule has 4 heteroatoms. The minimum absolute atomic E-state index is 0.648. The summed E-state index contributed by atoms with van der Waals surface area (Å²) in [5.74, 6) is 1.39. The van der Waals surface area contributed by atoms with E-state index in [9.17, 15) is 0 Å². The van der Waals surface area contributed by atoms with Crippen LogP contribution < -0.4 is 5.32 Å². The fraction of sp³-hybridized carbons (Fsp3) is 0.529. The van der Waals surface area contributed by atoms with E-state index in [1.54, 1.807) is 0 Å². The van der Waals surface area contributed by atoms with Crippen molar-refractivity contribution >= 4 is 0 Å². The minimum atomic E-state index is 0.648. The summed E-state index contributed by atoms with van der Waals surface area (Å²) in [5, 5.41) is 11.9. The van der Waals surface area contributed by atoms with E-state index < -0.39 is 0 Å². The predicted molar refractivity (Wildman–Crippen MR) is 83.3 cm³/mol. The molecule has 0 aliphatic heterocycles. The Hall–Kier alpha value is -1.68. The van der Waals surface area contributed by atoms with E-state index >= 15 is 0 Å². The molecule has 1 N–H and O–H groups in total. The molecular weight excluding hydrogens is 262 g/mol. The fourth-order valence-electron chi connectivity index (χ4n) is 2.81. The third-order valence-corrected chi connectivity index (χ3v) is 3.94. The van der Waals surface area contributed by atoms with Crippen LogP contribution in [0.3, 0.4) is 0 Å². The van der Waals surface area contributed by atoms with Gasteiger partial charge in [0.25, 0.3) is 0 Å². The Morgan fingerprint density at radius 1 is 1.14 bits per heavy atom. The summed E-state index contributed by atoms with van der Waals surface area (Å²) in [6.07, 6.45) is 4.55. The highest BCUT2D eigenvalue weighted by Gasteiger charge is 2.19. The number of hydrogen-bond donors (Lipinski definition) is 1. The molecule has 1 aliphatic rings. The van der Waals surface area contributed by atoms with Crippen LogP contribution in [0.2, 0.25) is 0 Å². The van der Waals surface area contributed by atoms with E-state index in [0.717, 1.165) is 36.9 Å². The number of nitrogens with zero attached hydrogens (tertiary/aromatic N) is 2. The van der Waals surface area contributed by atoms with Gasteiger partial charge in [0.15, 0.2) is 0 Å². The first-order valence-corrected chi connectivity index (χ1v) is 7.77. The van der Waals surface area contributed by atoms with Crippen molar-refractivity contribution in [3.05, 3.63) is 34.7 Å². The molecule has 4 nitrogen and oxygen atoms in total. The van der Waals surface area contributed by atoms with Gasteiger partial charge in [0.2, 0.25) is 11.8 Å². The predicted octanol–water partition coefficient (Wildman–Crippen LogP) is 3.35. The maximum absolute atomic E-state index is 5.84. The van der Waals surface area contributed by atoms with Gasteiger partial charge in [-0.1, -0.05) is 17.7 Å². The smallest absolute Gasteiger partial charge is 0.248 e. The Kier molecular flexibility index (Phi) is 4.06. The summed E-state index contributed by atoms with van der Waals surface area (Å²) < 4.78 is 5.84. The summed E-state index contributed by atoms with van der Waals surface area (Å²) in [6.45, 7) is 7.33. The molecule has 0 unspecified atom stereocenters. The molecule has 1 saturated carbocycles. The van der Waals surface area contributed by atoms with Gasteiger partial charge < -0.3 is 9.73 Å². The van der Waals surface area contributed by atoms with Crippen LogP contribution in [0.4, 0.5) is 0 Å². The molecule has 0 saturated heterocycles. The highest BCUT2D eigenvalue weighted by Crippen LogP contribution is 2.27. The topological polar surface area (TPSA) is 51.0 Å². The minimum Gasteiger partial charge on any atom is -0.421 e. The summed E-state index contributed by atoms with van der Waals surface area (Å²) in [5.41, 5.74) is 4.73. The van der Waals surface area contributed by atoms with E-state index in [1.165, 1.54) is 29.5 Å². The van der Waals surface area contributed by atoms with E-state index in [0.29, 0.717) is 5.89 Å². The zero-order valence-corrected chi connectivity index (χ0v) is 13.1. The van der Waals surface area contributed by atoms with Gasteiger partial charge in [0, 0.05) is 18.0 Å². The normalized spacial score (nSPS) is 14.6. The van der Waals surface area contributed by atoms with Crippen LogP contribution in [0, 0.1) is 20.8 Å². The Balaban J connectivity index is 1.66. The molecule has 0 amide bonds. The fourth-order valence-corrected chi connectivity index (χ4v) is 2.81. The third kappa shape index (κ3) is 3.50. The van der Waals surface area contributed by atoms with Crippen LogP contribution in [0.1, 0.15) is 41.8 Å². The van der Waals surface area contributed by atoms with Crippen molar-refractivity contribution in [1.82, 2.24) is 15.5 Å². The molecule has 3 rings (SSSR count). The Morgan fingerprint density at radius 3 is 2.52 bits per heavy atom. The Labute approximate surface area is 126 Å². The van der Waals surface area contributed by atoms with Crippen LogP contribution in [-0.2, 0) is 6.42 Å². The van der Waals surface area contributed by atoms with Gasteiger partial charge >= 0.3 is 0 Å². The first-order chi connectivity index (χ1) is 10.1. The molecule has 1 fully saturated rings. The quantitative estimate of drug-likeness (QED) is 0.827. The second-order valence-electron chi connectivity index (χ2n) is 6.11. The second-order valence-corrected chi connectivity index (χ2v) is 6.11. The summed E-state index contributed by atoms with van der Waals surface area (Å²) in [6, 6.07) is 5.08. The average molecular weight is 285 g/mol. The van der Waals surface area contributed by atoms with Crippen LogP contribution in [0.25, 0.3) is 11.5 Å². The highest BCUT2D eigenvalue weighted by atomic mass is 16.4. The van der Waals surface area contributed by atoms with E-state index in [2.05, 4.69) is 48.4 Å². The van der Waals surface area contributed by atoms with Crippen LogP contribution in [0.15, 0.2) is 16.5 Å². The molecule has 1 aromatic heterocycles. The highest BCUT2D eigenvalue weighted by molar-refractivity contribution is 5.63. The van der Waals surface area contributed by atoms with Crippen molar-refractivity contribution in [2.24, 2.45) is 0 Å². The maximum Gasteiger partial charge on any atom is 0.248 e. The van der Waals surface area contributed by atoms with Crippen LogP contribution in [-0.4, -0.2) is 22.8 Å². The van der Waals surface area contributed by atoms with Gasteiger partial charge in [-0.05, 0) is 57.7 Å². The number of aromatic nitrogens is 2. The SMILES string of the molecule is Cc1cc(C)c(-c2nnc(CCCNC3CC3)o2)c(C)c1. The van der Waals surface area contributed by atoms with Crippen molar-refractivity contribution in [3.63, 3.8) is 0 Å². The van der Waals surface area contributed by atoms with Gasteiger partial charge in [0.05, 0.1) is 0 Å². The number of benzene rings is 1. The van der Waals surface area contributed by atoms with Gasteiger partial charge in [-0.3, -0.25) is 0 Å². The van der Waals surface area contributed by atoms with E-state index in [-0.39, 0.29) is 0 Å². The number of rotatable bonds is 6. The lowest BCUT2D eigenvalue weighted by Gasteiger charge is -2.07. The lowest BCUT2D eigenvalue weighted by molar-refractivity contribution is 0.490. The average Bonchev–Trinajstić information content (AvgIpc) is 3.13. The van der Waals surface area contributed by atoms with Crippen LogP contribution >= 0.6 is 0 Å². The first kappa shape index (κ1) is 14.3. The summed E-state index contributed by atoms with van der Waals surface area (Å²) in [4.78, 5) is 0. The first-order valence-electron chi connectivity index (χ1n) is 7.77. The molecular formula is C17H23N3O. The van der Waals surface area contributed by atoms with Crippen molar-refractivity contribution in [3.8, 4) is 11.5 Å². The molecule has 0 atom stereocenters. The third-order valence-electron chi connectivity index (χ3n) is 3.94. The van der Waals surface area contributed by atoms with Crippen LogP contribution in [0.5, 0.6) is 0 Å². The molecule has 1 heterocycles. The molecule has 0 spiro atoms. The Bertz CT molecular complexity index is 606. The largest absolute Gasteiger partial charge is 0.421 e. The van der Waals surface area contributed by atoms with Gasteiger partial charge in [-0.25, -0.2) is 0 Å². The zero-order chi connectivity index (χ0) is 14.8. The van der Waals surface area contributed by atoms with Crippen molar-refractivity contribution < 1.29 is 4.42 Å². The monoisotopic (exact) mass is 285 g/mol. The molecule has 1 aromatic carbocycles. The van der Waals surface area contributed by atoms with Gasteiger partial charge in [-0.15, -0.1) is 10.2 Å². The number of nitrogens with one attached hydrogen (secondary N) is 1. The number of hydrogen-bond acceptors (Lipinski definition) is 4. The Morgan fingerprint density at radius 2 is 1.86 bits per heavy atom. The van der Waals surface area contributed by atoms with Gasteiger partial charge in [0.1, 0.15) is 0 Å². The van der Waals surface area contributed by atoms with Crippen molar-refractivity contribution in [1.29, 1.82) is 0 Å². The molecule has 0 radical (unpaired) electrons. The van der Waals surface area contributed by atoms with Gasteiger partial charge in [-0.2, -0.15) is 0 Å². The molecule has 2 aromatic rings. The van der Waals surface area contributed by atoms with E-state index in [1.807, 2.05) is 0 Å². The maximum atomic E-state index is 5.84. The molecule has 21 heavy (non-hydrogen) atoms. The summed E-state index contributed by atoms with van der Waals surface area (Å²) >= 11 is 0. The molecule has 112 valence electrons. The second kappa shape index (κ2) is 5.98. The standard InChI is InChI=1S/C17H23N3O/c1-11-9-12(2)16(13(3)10-11)17-20-19-15(21-17)5-4-8-18-14-6-7-14/h9-10,14,18H,4-8H2,1-3H3. The molecule has 1 aliphatic carbocycles.